The molecule has 1 heterocycles. The van der Waals surface area contributed by atoms with Crippen LogP contribution < -0.4 is 0 Å². The fraction of sp³-hybridized carbons (Fsp3) is 1.00. The minimum atomic E-state index is -4.14. The van der Waals surface area contributed by atoms with Crippen LogP contribution in [0.5, 0.6) is 0 Å². The van der Waals surface area contributed by atoms with E-state index >= 15 is 0 Å². The number of aliphatic hydroxyl groups is 1. The fourth-order valence-corrected chi connectivity index (χ4v) is 2.20. The molecular weight excluding hydrogens is 263 g/mol. The van der Waals surface area contributed by atoms with Crippen molar-refractivity contribution in [1.82, 2.24) is 4.90 Å². The summed E-state index contributed by atoms with van der Waals surface area (Å²) in [4.78, 5) is 1.66. The SMILES string of the molecule is COCCOCC(O)CN1CCCC(C(F)(F)F)C1. The van der Waals surface area contributed by atoms with Gasteiger partial charge in [0.2, 0.25) is 0 Å². The minimum absolute atomic E-state index is 0.0291. The Bertz CT molecular complexity index is 251. The van der Waals surface area contributed by atoms with Crippen LogP contribution in [0.3, 0.4) is 0 Å². The summed E-state index contributed by atoms with van der Waals surface area (Å²) in [5, 5.41) is 9.70. The summed E-state index contributed by atoms with van der Waals surface area (Å²) in [5.41, 5.74) is 0. The second-order valence-corrected chi connectivity index (χ2v) is 4.86. The number of alkyl halides is 3. The first-order valence-electron chi connectivity index (χ1n) is 6.47. The molecule has 2 atom stereocenters. The molecule has 1 aliphatic heterocycles. The standard InChI is InChI=1S/C12H22F3NO3/c1-18-5-6-19-9-11(17)8-16-4-2-3-10(7-16)12(13,14)15/h10-11,17H,2-9H2,1H3. The van der Waals surface area contributed by atoms with Crippen molar-refractivity contribution in [3.05, 3.63) is 0 Å². The van der Waals surface area contributed by atoms with E-state index in [9.17, 15) is 18.3 Å². The summed E-state index contributed by atoms with van der Waals surface area (Å²) < 4.78 is 47.8. The molecule has 0 bridgehead atoms. The second kappa shape index (κ2) is 8.04. The van der Waals surface area contributed by atoms with Gasteiger partial charge in [-0.05, 0) is 19.4 Å². The third kappa shape index (κ3) is 6.56. The zero-order chi connectivity index (χ0) is 14.3. The average Bonchev–Trinajstić information content (AvgIpc) is 2.34. The van der Waals surface area contributed by atoms with Gasteiger partial charge in [0.05, 0.1) is 31.8 Å². The van der Waals surface area contributed by atoms with E-state index in [0.717, 1.165) is 0 Å². The van der Waals surface area contributed by atoms with E-state index in [4.69, 9.17) is 9.47 Å². The number of nitrogens with zero attached hydrogens (tertiary/aromatic N) is 1. The Morgan fingerprint density at radius 3 is 2.74 bits per heavy atom. The molecular formula is C12H22F3NO3. The summed E-state index contributed by atoms with van der Waals surface area (Å²) >= 11 is 0. The topological polar surface area (TPSA) is 41.9 Å². The largest absolute Gasteiger partial charge is 0.393 e. The highest BCUT2D eigenvalue weighted by Gasteiger charge is 2.41. The number of methoxy groups -OCH3 is 1. The lowest BCUT2D eigenvalue weighted by Crippen LogP contribution is -2.45. The molecule has 19 heavy (non-hydrogen) atoms. The van der Waals surface area contributed by atoms with Gasteiger partial charge in [-0.2, -0.15) is 13.2 Å². The molecule has 0 saturated carbocycles. The first-order valence-corrected chi connectivity index (χ1v) is 6.47. The quantitative estimate of drug-likeness (QED) is 0.716. The monoisotopic (exact) mass is 285 g/mol. The van der Waals surface area contributed by atoms with Crippen LogP contribution in [-0.4, -0.2) is 68.9 Å². The lowest BCUT2D eigenvalue weighted by molar-refractivity contribution is -0.187. The van der Waals surface area contributed by atoms with Gasteiger partial charge in [-0.25, -0.2) is 0 Å². The van der Waals surface area contributed by atoms with Gasteiger partial charge in [0.25, 0.3) is 0 Å². The molecule has 1 N–H and O–H groups in total. The lowest BCUT2D eigenvalue weighted by Gasteiger charge is -2.34. The third-order valence-corrected chi connectivity index (χ3v) is 3.18. The van der Waals surface area contributed by atoms with Gasteiger partial charge < -0.3 is 19.5 Å². The van der Waals surface area contributed by atoms with Gasteiger partial charge in [0, 0.05) is 20.2 Å². The molecule has 0 aliphatic carbocycles. The van der Waals surface area contributed by atoms with Gasteiger partial charge >= 0.3 is 6.18 Å². The average molecular weight is 285 g/mol. The van der Waals surface area contributed by atoms with Crippen LogP contribution in [0.2, 0.25) is 0 Å². The van der Waals surface area contributed by atoms with E-state index in [0.29, 0.717) is 26.2 Å². The molecule has 0 aromatic rings. The molecule has 0 aromatic heterocycles. The molecule has 2 unspecified atom stereocenters. The van der Waals surface area contributed by atoms with E-state index < -0.39 is 18.2 Å². The van der Waals surface area contributed by atoms with Crippen LogP contribution in [0, 0.1) is 5.92 Å². The fourth-order valence-electron chi connectivity index (χ4n) is 2.20. The number of β-amino-alcohol motifs (C(OH)–C–C–N with tert-alkyl or cyclic N) is 1. The summed E-state index contributed by atoms with van der Waals surface area (Å²) in [7, 11) is 1.55. The Hall–Kier alpha value is -0.370. The van der Waals surface area contributed by atoms with E-state index in [1.165, 1.54) is 0 Å². The van der Waals surface area contributed by atoms with Crippen molar-refractivity contribution < 1.29 is 27.8 Å². The minimum Gasteiger partial charge on any atom is -0.389 e. The van der Waals surface area contributed by atoms with Crippen LogP contribution in [0.25, 0.3) is 0 Å². The lowest BCUT2D eigenvalue weighted by atomic mass is 9.97. The molecule has 0 radical (unpaired) electrons. The van der Waals surface area contributed by atoms with Crippen LogP contribution >= 0.6 is 0 Å². The van der Waals surface area contributed by atoms with Crippen LogP contribution in [0.4, 0.5) is 13.2 Å². The molecule has 4 nitrogen and oxygen atoms in total. The van der Waals surface area contributed by atoms with Crippen molar-refractivity contribution in [2.45, 2.75) is 25.1 Å². The molecule has 0 aromatic carbocycles. The van der Waals surface area contributed by atoms with Crippen LogP contribution in [-0.2, 0) is 9.47 Å². The van der Waals surface area contributed by atoms with Crippen molar-refractivity contribution >= 4 is 0 Å². The summed E-state index contributed by atoms with van der Waals surface area (Å²) in [5.74, 6) is -1.28. The van der Waals surface area contributed by atoms with E-state index in [1.54, 1.807) is 12.0 Å². The molecule has 1 saturated heterocycles. The summed E-state index contributed by atoms with van der Waals surface area (Å²) in [6, 6.07) is 0. The molecule has 7 heteroatoms. The number of hydrogen-bond donors (Lipinski definition) is 1. The number of ether oxygens (including phenoxy) is 2. The maximum atomic E-state index is 12.6. The van der Waals surface area contributed by atoms with Gasteiger partial charge in [-0.1, -0.05) is 0 Å². The molecule has 1 aliphatic rings. The maximum absolute atomic E-state index is 12.6. The highest BCUT2D eigenvalue weighted by Crippen LogP contribution is 2.33. The highest BCUT2D eigenvalue weighted by atomic mass is 19.4. The van der Waals surface area contributed by atoms with E-state index in [2.05, 4.69) is 0 Å². The molecule has 114 valence electrons. The highest BCUT2D eigenvalue weighted by molar-refractivity contribution is 4.79. The molecule has 1 rings (SSSR count). The summed E-state index contributed by atoms with van der Waals surface area (Å²) in [6.45, 7) is 1.72. The number of likely N-dealkylation sites (tertiary alicyclic amines) is 1. The molecule has 0 spiro atoms. The zero-order valence-electron chi connectivity index (χ0n) is 11.2. The number of aliphatic hydroxyl groups excluding tert-OH is 1. The molecule has 0 amide bonds. The van der Waals surface area contributed by atoms with Crippen molar-refractivity contribution in [3.8, 4) is 0 Å². The first-order chi connectivity index (χ1) is 8.93. The Balaban J connectivity index is 2.24. The molecule has 1 fully saturated rings. The third-order valence-electron chi connectivity index (χ3n) is 3.18. The Morgan fingerprint density at radius 1 is 1.37 bits per heavy atom. The maximum Gasteiger partial charge on any atom is 0.393 e. The van der Waals surface area contributed by atoms with Crippen molar-refractivity contribution in [2.75, 3.05) is 46.6 Å². The zero-order valence-corrected chi connectivity index (χ0v) is 11.2. The Kier molecular flexibility index (Phi) is 7.06. The Morgan fingerprint density at radius 2 is 2.11 bits per heavy atom. The van der Waals surface area contributed by atoms with Gasteiger partial charge in [0.15, 0.2) is 0 Å². The van der Waals surface area contributed by atoms with Gasteiger partial charge in [-0.3, -0.25) is 0 Å². The Labute approximate surface area is 111 Å². The predicted octanol–water partition coefficient (Wildman–Crippen LogP) is 1.28. The predicted molar refractivity (Wildman–Crippen MR) is 63.9 cm³/mol. The van der Waals surface area contributed by atoms with Crippen molar-refractivity contribution in [1.29, 1.82) is 0 Å². The number of halogens is 3. The smallest absolute Gasteiger partial charge is 0.389 e. The van der Waals surface area contributed by atoms with Crippen molar-refractivity contribution in [2.24, 2.45) is 5.92 Å². The van der Waals surface area contributed by atoms with E-state index in [1.807, 2.05) is 0 Å². The first kappa shape index (κ1) is 16.7. The summed E-state index contributed by atoms with van der Waals surface area (Å²) in [6.07, 6.45) is -4.20. The van der Waals surface area contributed by atoms with E-state index in [-0.39, 0.29) is 26.1 Å². The number of rotatable bonds is 7. The normalized spacial score (nSPS) is 23.5. The van der Waals surface area contributed by atoms with Crippen LogP contribution in [0.1, 0.15) is 12.8 Å². The number of hydrogen-bond acceptors (Lipinski definition) is 4. The number of piperidine rings is 1. The van der Waals surface area contributed by atoms with Crippen LogP contribution in [0.15, 0.2) is 0 Å². The van der Waals surface area contributed by atoms with Gasteiger partial charge in [0.1, 0.15) is 0 Å². The van der Waals surface area contributed by atoms with Crippen molar-refractivity contribution in [3.63, 3.8) is 0 Å². The van der Waals surface area contributed by atoms with Gasteiger partial charge in [-0.15, -0.1) is 0 Å². The second-order valence-electron chi connectivity index (χ2n) is 4.86.